The summed E-state index contributed by atoms with van der Waals surface area (Å²) in [5.74, 6) is -0.554. The Hall–Kier alpha value is -4.13. The summed E-state index contributed by atoms with van der Waals surface area (Å²) in [5.41, 5.74) is 3.86. The van der Waals surface area contributed by atoms with Crippen LogP contribution in [-0.4, -0.2) is 40.5 Å². The Kier molecular flexibility index (Phi) is 9.48. The number of benzene rings is 3. The molecule has 3 amide bonds. The first-order valence-corrected chi connectivity index (χ1v) is 14.3. The standard InChI is InChI=1S/C34H41N3O4/c1-23-16-17-24(2)28(20-23)30(31(38)35-22-26-14-10-7-11-15-26)37(27-18-19-27)32(39)29(21-25-12-8-6-9-13-25)36-33(40)41-34(3,4)5/h6-17,20,27,29-30H,18-19,21-22H2,1-5H3,(H,35,38)(H,36,40). The molecule has 1 saturated carbocycles. The van der Waals surface area contributed by atoms with Gasteiger partial charge in [0, 0.05) is 19.0 Å². The van der Waals surface area contributed by atoms with Crippen molar-refractivity contribution in [3.8, 4) is 0 Å². The Bertz CT molecular complexity index is 1350. The molecular weight excluding hydrogens is 514 g/mol. The van der Waals surface area contributed by atoms with Crippen molar-refractivity contribution in [2.75, 3.05) is 0 Å². The third kappa shape index (κ3) is 8.43. The van der Waals surface area contributed by atoms with Gasteiger partial charge in [-0.05, 0) is 69.7 Å². The van der Waals surface area contributed by atoms with E-state index in [1.165, 1.54) is 0 Å². The number of alkyl carbamates (subject to hydrolysis) is 1. The van der Waals surface area contributed by atoms with E-state index in [9.17, 15) is 14.4 Å². The zero-order valence-corrected chi connectivity index (χ0v) is 24.6. The molecule has 2 unspecified atom stereocenters. The fourth-order valence-corrected chi connectivity index (χ4v) is 4.90. The number of rotatable bonds is 10. The smallest absolute Gasteiger partial charge is 0.408 e. The van der Waals surface area contributed by atoms with Crippen LogP contribution in [0.25, 0.3) is 0 Å². The summed E-state index contributed by atoms with van der Waals surface area (Å²) in [6.45, 7) is 9.63. The summed E-state index contributed by atoms with van der Waals surface area (Å²) in [4.78, 5) is 43.1. The number of carbonyl (C=O) groups is 3. The third-order valence-electron chi connectivity index (χ3n) is 7.03. The monoisotopic (exact) mass is 555 g/mol. The molecule has 41 heavy (non-hydrogen) atoms. The van der Waals surface area contributed by atoms with Crippen molar-refractivity contribution < 1.29 is 19.1 Å². The van der Waals surface area contributed by atoms with E-state index in [0.29, 0.717) is 6.54 Å². The van der Waals surface area contributed by atoms with Crippen LogP contribution in [0.15, 0.2) is 78.9 Å². The molecule has 7 nitrogen and oxygen atoms in total. The van der Waals surface area contributed by atoms with E-state index in [1.807, 2.05) is 92.7 Å². The molecule has 1 aliphatic rings. The van der Waals surface area contributed by atoms with Crippen molar-refractivity contribution in [1.82, 2.24) is 15.5 Å². The van der Waals surface area contributed by atoms with Crippen LogP contribution in [0.3, 0.4) is 0 Å². The lowest BCUT2D eigenvalue weighted by molar-refractivity contribution is -0.143. The molecule has 1 fully saturated rings. The number of aryl methyl sites for hydroxylation is 2. The van der Waals surface area contributed by atoms with E-state index < -0.39 is 23.8 Å². The van der Waals surface area contributed by atoms with Gasteiger partial charge in [-0.3, -0.25) is 9.59 Å². The SMILES string of the molecule is Cc1ccc(C)c(C(C(=O)NCc2ccccc2)N(C(=O)C(Cc2ccccc2)NC(=O)OC(C)(C)C)C2CC2)c1. The molecule has 3 aromatic rings. The quantitative estimate of drug-likeness (QED) is 0.332. The normalized spacial score (nSPS) is 14.5. The van der Waals surface area contributed by atoms with Gasteiger partial charge in [0.1, 0.15) is 17.7 Å². The zero-order valence-electron chi connectivity index (χ0n) is 24.6. The average molecular weight is 556 g/mol. The molecule has 0 heterocycles. The molecule has 0 aromatic heterocycles. The summed E-state index contributed by atoms with van der Waals surface area (Å²) in [6, 6.07) is 23.4. The lowest BCUT2D eigenvalue weighted by atomic mass is 9.95. The molecule has 0 bridgehead atoms. The number of nitrogens with one attached hydrogen (secondary N) is 2. The van der Waals surface area contributed by atoms with Crippen LogP contribution in [0.4, 0.5) is 4.79 Å². The molecule has 0 aliphatic heterocycles. The van der Waals surface area contributed by atoms with Crippen molar-refractivity contribution >= 4 is 17.9 Å². The van der Waals surface area contributed by atoms with Crippen LogP contribution in [-0.2, 0) is 27.3 Å². The van der Waals surface area contributed by atoms with Crippen LogP contribution in [0.2, 0.25) is 0 Å². The molecular formula is C34H41N3O4. The predicted molar refractivity (Wildman–Crippen MR) is 160 cm³/mol. The van der Waals surface area contributed by atoms with E-state index in [-0.39, 0.29) is 24.3 Å². The molecule has 1 aliphatic carbocycles. The summed E-state index contributed by atoms with van der Waals surface area (Å²) in [6.07, 6.45) is 1.19. The van der Waals surface area contributed by atoms with Gasteiger partial charge < -0.3 is 20.3 Å². The third-order valence-corrected chi connectivity index (χ3v) is 7.03. The molecule has 2 N–H and O–H groups in total. The van der Waals surface area contributed by atoms with Crippen molar-refractivity contribution in [3.63, 3.8) is 0 Å². The Morgan fingerprint density at radius 1 is 0.902 bits per heavy atom. The van der Waals surface area contributed by atoms with Crippen molar-refractivity contribution in [2.24, 2.45) is 0 Å². The second-order valence-electron chi connectivity index (χ2n) is 11.8. The first-order chi connectivity index (χ1) is 19.5. The number of nitrogens with zero attached hydrogens (tertiary/aromatic N) is 1. The van der Waals surface area contributed by atoms with Crippen LogP contribution in [0.5, 0.6) is 0 Å². The topological polar surface area (TPSA) is 87.7 Å². The number of ether oxygens (including phenoxy) is 1. The van der Waals surface area contributed by atoms with E-state index in [2.05, 4.69) is 10.6 Å². The second kappa shape index (κ2) is 13.0. The lowest BCUT2D eigenvalue weighted by Gasteiger charge is -2.35. The van der Waals surface area contributed by atoms with Gasteiger partial charge in [0.25, 0.3) is 0 Å². The largest absolute Gasteiger partial charge is 0.444 e. The molecule has 7 heteroatoms. The van der Waals surface area contributed by atoms with Gasteiger partial charge in [0.15, 0.2) is 0 Å². The minimum atomic E-state index is -0.914. The van der Waals surface area contributed by atoms with Crippen LogP contribution < -0.4 is 10.6 Å². The summed E-state index contributed by atoms with van der Waals surface area (Å²) in [7, 11) is 0. The van der Waals surface area contributed by atoms with Crippen LogP contribution in [0, 0.1) is 13.8 Å². The lowest BCUT2D eigenvalue weighted by Crippen LogP contribution is -2.54. The molecule has 0 spiro atoms. The maximum absolute atomic E-state index is 14.5. The fraction of sp³-hybridized carbons (Fsp3) is 0.382. The van der Waals surface area contributed by atoms with Crippen molar-refractivity contribution in [1.29, 1.82) is 0 Å². The van der Waals surface area contributed by atoms with Gasteiger partial charge in [-0.25, -0.2) is 4.79 Å². The molecule has 0 saturated heterocycles. The minimum absolute atomic E-state index is 0.103. The molecule has 0 radical (unpaired) electrons. The highest BCUT2D eigenvalue weighted by atomic mass is 16.6. The molecule has 3 aromatic carbocycles. The number of amides is 3. The summed E-state index contributed by atoms with van der Waals surface area (Å²) in [5, 5.41) is 5.91. The van der Waals surface area contributed by atoms with E-state index in [4.69, 9.17) is 4.74 Å². The van der Waals surface area contributed by atoms with Gasteiger partial charge in [-0.2, -0.15) is 0 Å². The van der Waals surface area contributed by atoms with Crippen molar-refractivity contribution in [3.05, 3.63) is 107 Å². The second-order valence-corrected chi connectivity index (χ2v) is 11.8. The van der Waals surface area contributed by atoms with Crippen LogP contribution >= 0.6 is 0 Å². The molecule has 216 valence electrons. The number of hydrogen-bond donors (Lipinski definition) is 2. The van der Waals surface area contributed by atoms with Gasteiger partial charge >= 0.3 is 6.09 Å². The number of carbonyl (C=O) groups excluding carboxylic acids is 3. The Morgan fingerprint density at radius 2 is 1.51 bits per heavy atom. The average Bonchev–Trinajstić information content (AvgIpc) is 3.76. The maximum Gasteiger partial charge on any atom is 0.408 e. The van der Waals surface area contributed by atoms with Crippen LogP contribution in [0.1, 0.15) is 67.5 Å². The minimum Gasteiger partial charge on any atom is -0.444 e. The predicted octanol–water partition coefficient (Wildman–Crippen LogP) is 5.79. The van der Waals surface area contributed by atoms with E-state index in [1.54, 1.807) is 25.7 Å². The Morgan fingerprint density at radius 3 is 2.10 bits per heavy atom. The first-order valence-electron chi connectivity index (χ1n) is 14.3. The Balaban J connectivity index is 1.70. The Labute approximate surface area is 243 Å². The van der Waals surface area contributed by atoms with E-state index >= 15 is 0 Å². The van der Waals surface area contributed by atoms with Gasteiger partial charge in [-0.15, -0.1) is 0 Å². The highest BCUT2D eigenvalue weighted by molar-refractivity contribution is 5.93. The molecule has 4 rings (SSSR count). The summed E-state index contributed by atoms with van der Waals surface area (Å²) < 4.78 is 5.53. The van der Waals surface area contributed by atoms with E-state index in [0.717, 1.165) is 40.7 Å². The number of hydrogen-bond acceptors (Lipinski definition) is 4. The zero-order chi connectivity index (χ0) is 29.6. The summed E-state index contributed by atoms with van der Waals surface area (Å²) >= 11 is 0. The van der Waals surface area contributed by atoms with Gasteiger partial charge in [0.05, 0.1) is 0 Å². The maximum atomic E-state index is 14.5. The highest BCUT2D eigenvalue weighted by Gasteiger charge is 2.44. The first kappa shape index (κ1) is 29.8. The molecule has 2 atom stereocenters. The fourth-order valence-electron chi connectivity index (χ4n) is 4.90. The van der Waals surface area contributed by atoms with Gasteiger partial charge in [0.2, 0.25) is 11.8 Å². The van der Waals surface area contributed by atoms with Crippen molar-refractivity contribution in [2.45, 2.75) is 84.2 Å². The van der Waals surface area contributed by atoms with Gasteiger partial charge in [-0.1, -0.05) is 84.4 Å². The highest BCUT2D eigenvalue weighted by Crippen LogP contribution is 2.37.